The van der Waals surface area contributed by atoms with E-state index < -0.39 is 5.91 Å². The van der Waals surface area contributed by atoms with Crippen LogP contribution in [0.1, 0.15) is 16.1 Å². The van der Waals surface area contributed by atoms with Gasteiger partial charge in [0.1, 0.15) is 5.69 Å². The van der Waals surface area contributed by atoms with Gasteiger partial charge in [-0.2, -0.15) is 5.10 Å². The normalized spacial score (nSPS) is 10.4. The third-order valence-corrected chi connectivity index (χ3v) is 2.80. The number of amides is 1. The Hall–Kier alpha value is -1.62. The third-order valence-electron chi connectivity index (χ3n) is 2.31. The largest absolute Gasteiger partial charge is 0.364 e. The number of aromatic nitrogens is 2. The summed E-state index contributed by atoms with van der Waals surface area (Å²) in [6.07, 6.45) is 0. The van der Waals surface area contributed by atoms with Crippen LogP contribution in [0.5, 0.6) is 0 Å². The van der Waals surface area contributed by atoms with Gasteiger partial charge in [-0.15, -0.1) is 0 Å². The molecule has 0 aliphatic carbocycles. The number of carbonyl (C=O) groups is 1. The van der Waals surface area contributed by atoms with Crippen molar-refractivity contribution in [3.8, 4) is 11.3 Å². The van der Waals surface area contributed by atoms with Crippen molar-refractivity contribution in [1.82, 2.24) is 10.2 Å². The van der Waals surface area contributed by atoms with Crippen molar-refractivity contribution in [2.75, 3.05) is 0 Å². The molecule has 0 aliphatic rings. The molecule has 16 heavy (non-hydrogen) atoms. The van der Waals surface area contributed by atoms with Crippen LogP contribution >= 0.6 is 15.9 Å². The van der Waals surface area contributed by atoms with Gasteiger partial charge in [0.15, 0.2) is 0 Å². The average Bonchev–Trinajstić information content (AvgIpc) is 2.66. The zero-order chi connectivity index (χ0) is 11.7. The van der Waals surface area contributed by atoms with E-state index in [1.54, 1.807) is 6.07 Å². The van der Waals surface area contributed by atoms with Gasteiger partial charge in [-0.05, 0) is 30.7 Å². The van der Waals surface area contributed by atoms with Gasteiger partial charge in [-0.3, -0.25) is 9.89 Å². The summed E-state index contributed by atoms with van der Waals surface area (Å²) in [5, 5.41) is 6.67. The number of H-pyrrole nitrogens is 1. The van der Waals surface area contributed by atoms with Crippen molar-refractivity contribution in [2.45, 2.75) is 6.92 Å². The molecule has 0 radical (unpaired) electrons. The first-order chi connectivity index (χ1) is 7.58. The minimum absolute atomic E-state index is 0.317. The number of hydrogen-bond acceptors (Lipinski definition) is 2. The molecule has 3 N–H and O–H groups in total. The summed E-state index contributed by atoms with van der Waals surface area (Å²) in [6, 6.07) is 7.52. The lowest BCUT2D eigenvalue weighted by molar-refractivity contribution is 0.0995. The lowest BCUT2D eigenvalue weighted by atomic mass is 10.1. The zero-order valence-corrected chi connectivity index (χ0v) is 10.2. The van der Waals surface area contributed by atoms with Gasteiger partial charge in [0.25, 0.3) is 5.91 Å². The van der Waals surface area contributed by atoms with E-state index >= 15 is 0 Å². The summed E-state index contributed by atoms with van der Waals surface area (Å²) in [4.78, 5) is 10.9. The SMILES string of the molecule is Cc1cc(Br)ccc1-c1cc(C(N)=O)[nH]n1. The molecule has 0 unspecified atom stereocenters. The first-order valence-electron chi connectivity index (χ1n) is 4.69. The molecule has 0 saturated heterocycles. The molecule has 1 aromatic carbocycles. The van der Waals surface area contributed by atoms with Crippen molar-refractivity contribution >= 4 is 21.8 Å². The molecule has 0 fully saturated rings. The highest BCUT2D eigenvalue weighted by Crippen LogP contribution is 2.24. The lowest BCUT2D eigenvalue weighted by Gasteiger charge is -2.02. The predicted octanol–water partition coefficient (Wildman–Crippen LogP) is 2.25. The summed E-state index contributed by atoms with van der Waals surface area (Å²) >= 11 is 3.39. The molecule has 4 nitrogen and oxygen atoms in total. The van der Waals surface area contributed by atoms with Crippen LogP contribution in [-0.2, 0) is 0 Å². The van der Waals surface area contributed by atoms with E-state index in [1.165, 1.54) is 0 Å². The summed E-state index contributed by atoms with van der Waals surface area (Å²) in [5.74, 6) is -0.506. The van der Waals surface area contributed by atoms with E-state index in [1.807, 2.05) is 25.1 Å². The summed E-state index contributed by atoms with van der Waals surface area (Å²) in [7, 11) is 0. The molecule has 2 aromatic rings. The highest BCUT2D eigenvalue weighted by Gasteiger charge is 2.09. The molecular weight excluding hydrogens is 270 g/mol. The monoisotopic (exact) mass is 279 g/mol. The van der Waals surface area contributed by atoms with E-state index in [0.717, 1.165) is 21.3 Å². The van der Waals surface area contributed by atoms with Crippen molar-refractivity contribution < 1.29 is 4.79 Å². The fourth-order valence-electron chi connectivity index (χ4n) is 1.50. The van der Waals surface area contributed by atoms with Crippen LogP contribution < -0.4 is 5.73 Å². The number of benzene rings is 1. The number of nitrogens with two attached hydrogens (primary N) is 1. The molecule has 1 heterocycles. The standard InChI is InChI=1S/C11H10BrN3O/c1-6-4-7(12)2-3-8(6)9-5-10(11(13)16)15-14-9/h2-5H,1H3,(H2,13,16)(H,14,15). The number of primary amides is 1. The highest BCUT2D eigenvalue weighted by molar-refractivity contribution is 9.10. The third kappa shape index (κ3) is 1.99. The maximum absolute atomic E-state index is 10.9. The molecule has 0 spiro atoms. The molecule has 2 rings (SSSR count). The minimum Gasteiger partial charge on any atom is -0.364 e. The number of aryl methyl sites for hydroxylation is 1. The summed E-state index contributed by atoms with van der Waals surface area (Å²) < 4.78 is 1.01. The Balaban J connectivity index is 2.46. The van der Waals surface area contributed by atoms with Crippen molar-refractivity contribution in [1.29, 1.82) is 0 Å². The molecule has 82 valence electrons. The fraction of sp³-hybridized carbons (Fsp3) is 0.0909. The highest BCUT2D eigenvalue weighted by atomic mass is 79.9. The van der Waals surface area contributed by atoms with Crippen LogP contribution in [0.4, 0.5) is 0 Å². The topological polar surface area (TPSA) is 71.8 Å². The number of rotatable bonds is 2. The minimum atomic E-state index is -0.506. The van der Waals surface area contributed by atoms with Gasteiger partial charge >= 0.3 is 0 Å². The summed E-state index contributed by atoms with van der Waals surface area (Å²) in [5.41, 5.74) is 8.25. The first kappa shape index (κ1) is 10.9. The van der Waals surface area contributed by atoms with Crippen LogP contribution in [0.25, 0.3) is 11.3 Å². The summed E-state index contributed by atoms with van der Waals surface area (Å²) in [6.45, 7) is 1.98. The Morgan fingerprint density at radius 2 is 2.19 bits per heavy atom. The number of nitrogens with zero attached hydrogens (tertiary/aromatic N) is 1. The van der Waals surface area contributed by atoms with Gasteiger partial charge in [0.2, 0.25) is 0 Å². The van der Waals surface area contributed by atoms with Gasteiger partial charge in [0, 0.05) is 10.0 Å². The number of halogens is 1. The second kappa shape index (κ2) is 4.09. The molecule has 5 heteroatoms. The van der Waals surface area contributed by atoms with Crippen LogP contribution in [0.2, 0.25) is 0 Å². The Bertz CT molecular complexity index is 548. The van der Waals surface area contributed by atoms with E-state index in [9.17, 15) is 4.79 Å². The van der Waals surface area contributed by atoms with E-state index in [-0.39, 0.29) is 0 Å². The molecule has 0 atom stereocenters. The van der Waals surface area contributed by atoms with Crippen molar-refractivity contribution in [3.05, 3.63) is 40.0 Å². The molecule has 0 bridgehead atoms. The molecule has 1 amide bonds. The smallest absolute Gasteiger partial charge is 0.266 e. The second-order valence-electron chi connectivity index (χ2n) is 3.49. The van der Waals surface area contributed by atoms with E-state index in [0.29, 0.717) is 5.69 Å². The fourth-order valence-corrected chi connectivity index (χ4v) is 1.98. The zero-order valence-electron chi connectivity index (χ0n) is 8.62. The van der Waals surface area contributed by atoms with Crippen molar-refractivity contribution in [2.24, 2.45) is 5.73 Å². The van der Waals surface area contributed by atoms with Gasteiger partial charge in [0.05, 0.1) is 5.69 Å². The first-order valence-corrected chi connectivity index (χ1v) is 5.49. The Morgan fingerprint density at radius 3 is 2.75 bits per heavy atom. The van der Waals surface area contributed by atoms with Crippen LogP contribution in [0, 0.1) is 6.92 Å². The maximum Gasteiger partial charge on any atom is 0.266 e. The quantitative estimate of drug-likeness (QED) is 0.885. The van der Waals surface area contributed by atoms with E-state index in [4.69, 9.17) is 5.73 Å². The van der Waals surface area contributed by atoms with Crippen molar-refractivity contribution in [3.63, 3.8) is 0 Å². The number of aromatic amines is 1. The number of carbonyl (C=O) groups excluding carboxylic acids is 1. The molecular formula is C11H10BrN3O. The molecule has 0 saturated carbocycles. The van der Waals surface area contributed by atoms with Gasteiger partial charge in [-0.25, -0.2) is 0 Å². The average molecular weight is 280 g/mol. The molecule has 0 aliphatic heterocycles. The number of hydrogen-bond donors (Lipinski definition) is 2. The van der Waals surface area contributed by atoms with Gasteiger partial charge in [-0.1, -0.05) is 22.0 Å². The van der Waals surface area contributed by atoms with Crippen LogP contribution in [0.15, 0.2) is 28.7 Å². The van der Waals surface area contributed by atoms with Gasteiger partial charge < -0.3 is 5.73 Å². The Labute approximate surface area is 101 Å². The van der Waals surface area contributed by atoms with E-state index in [2.05, 4.69) is 26.1 Å². The number of nitrogens with one attached hydrogen (secondary N) is 1. The van der Waals surface area contributed by atoms with Crippen LogP contribution in [-0.4, -0.2) is 16.1 Å². The molecule has 1 aromatic heterocycles. The maximum atomic E-state index is 10.9. The predicted molar refractivity (Wildman–Crippen MR) is 65.0 cm³/mol. The lowest BCUT2D eigenvalue weighted by Crippen LogP contribution is -2.10. The Morgan fingerprint density at radius 1 is 1.44 bits per heavy atom. The van der Waals surface area contributed by atoms with Crippen LogP contribution in [0.3, 0.4) is 0 Å². The Kier molecular flexibility index (Phi) is 2.78. The second-order valence-corrected chi connectivity index (χ2v) is 4.41.